The van der Waals surface area contributed by atoms with Gasteiger partial charge in [-0.2, -0.15) is 4.89 Å². The topological polar surface area (TPSA) is 36.9 Å². The number of hydrogen-bond acceptors (Lipinski definition) is 4. The first-order valence-corrected chi connectivity index (χ1v) is 4.88. The maximum atomic E-state index is 5.41. The van der Waals surface area contributed by atoms with Crippen LogP contribution in [0.25, 0.3) is 0 Å². The summed E-state index contributed by atoms with van der Waals surface area (Å²) in [4.78, 5) is 9.79. The summed E-state index contributed by atoms with van der Waals surface area (Å²) in [6, 6.07) is 5.91. The largest absolute Gasteiger partial charge is 0.382 e. The van der Waals surface area contributed by atoms with E-state index >= 15 is 0 Å². The van der Waals surface area contributed by atoms with Gasteiger partial charge in [0.1, 0.15) is 6.61 Å². The SMILES string of the molecule is COCCOCc1ccc2c(c1)COO2. The number of ether oxygens (including phenoxy) is 2. The lowest BCUT2D eigenvalue weighted by atomic mass is 10.1. The molecule has 2 rings (SSSR count). The van der Waals surface area contributed by atoms with E-state index in [-0.39, 0.29) is 0 Å². The maximum Gasteiger partial charge on any atom is 0.171 e. The third kappa shape index (κ3) is 2.68. The van der Waals surface area contributed by atoms with Crippen LogP contribution >= 0.6 is 0 Å². The van der Waals surface area contributed by atoms with Crippen LogP contribution in [0.15, 0.2) is 18.2 Å². The van der Waals surface area contributed by atoms with Crippen LogP contribution < -0.4 is 4.89 Å². The zero-order valence-corrected chi connectivity index (χ0v) is 8.69. The Morgan fingerprint density at radius 3 is 3.13 bits per heavy atom. The van der Waals surface area contributed by atoms with Gasteiger partial charge < -0.3 is 14.4 Å². The summed E-state index contributed by atoms with van der Waals surface area (Å²) in [5, 5.41) is 0. The van der Waals surface area contributed by atoms with Crippen molar-refractivity contribution in [3.8, 4) is 5.75 Å². The van der Waals surface area contributed by atoms with Gasteiger partial charge in [0, 0.05) is 12.7 Å². The average Bonchev–Trinajstić information content (AvgIpc) is 2.71. The van der Waals surface area contributed by atoms with E-state index < -0.39 is 0 Å². The van der Waals surface area contributed by atoms with Crippen molar-refractivity contribution < 1.29 is 19.2 Å². The zero-order valence-electron chi connectivity index (χ0n) is 8.69. The van der Waals surface area contributed by atoms with Crippen LogP contribution in [0.2, 0.25) is 0 Å². The molecular weight excluding hydrogens is 196 g/mol. The van der Waals surface area contributed by atoms with Crippen LogP contribution in [0.1, 0.15) is 11.1 Å². The molecule has 0 saturated carbocycles. The van der Waals surface area contributed by atoms with Gasteiger partial charge in [-0.15, -0.1) is 0 Å². The summed E-state index contributed by atoms with van der Waals surface area (Å²) in [7, 11) is 1.66. The fourth-order valence-electron chi connectivity index (χ4n) is 1.41. The van der Waals surface area contributed by atoms with Crippen molar-refractivity contribution >= 4 is 0 Å². The van der Waals surface area contributed by atoms with Crippen molar-refractivity contribution in [2.45, 2.75) is 13.2 Å². The van der Waals surface area contributed by atoms with Crippen LogP contribution in [0, 0.1) is 0 Å². The normalized spacial score (nSPS) is 13.7. The highest BCUT2D eigenvalue weighted by Crippen LogP contribution is 2.26. The van der Waals surface area contributed by atoms with Gasteiger partial charge in [-0.3, -0.25) is 0 Å². The van der Waals surface area contributed by atoms with Gasteiger partial charge in [0.25, 0.3) is 0 Å². The number of benzene rings is 1. The molecule has 0 atom stereocenters. The van der Waals surface area contributed by atoms with Crippen LogP contribution in [0.4, 0.5) is 0 Å². The van der Waals surface area contributed by atoms with Gasteiger partial charge >= 0.3 is 0 Å². The molecule has 1 heterocycles. The lowest BCUT2D eigenvalue weighted by Gasteiger charge is -2.04. The van der Waals surface area contributed by atoms with Crippen LogP contribution in [-0.4, -0.2) is 20.3 Å². The fraction of sp³-hybridized carbons (Fsp3) is 0.455. The molecule has 82 valence electrons. The summed E-state index contributed by atoms with van der Waals surface area (Å²) >= 11 is 0. The van der Waals surface area contributed by atoms with Gasteiger partial charge in [-0.25, -0.2) is 0 Å². The summed E-state index contributed by atoms with van der Waals surface area (Å²) < 4.78 is 10.3. The van der Waals surface area contributed by atoms with Gasteiger partial charge in [0.05, 0.1) is 19.8 Å². The predicted molar refractivity (Wildman–Crippen MR) is 53.4 cm³/mol. The minimum atomic E-state index is 0.515. The minimum Gasteiger partial charge on any atom is -0.382 e. The van der Waals surface area contributed by atoms with E-state index in [1.807, 2.05) is 18.2 Å². The Morgan fingerprint density at radius 2 is 2.27 bits per heavy atom. The van der Waals surface area contributed by atoms with E-state index in [9.17, 15) is 0 Å². The molecule has 0 fully saturated rings. The molecule has 0 amide bonds. The minimum absolute atomic E-state index is 0.515. The lowest BCUT2D eigenvalue weighted by molar-refractivity contribution is -0.194. The zero-order chi connectivity index (χ0) is 10.5. The summed E-state index contributed by atoms with van der Waals surface area (Å²) in [5.74, 6) is 0.802. The molecule has 0 radical (unpaired) electrons. The van der Waals surface area contributed by atoms with Crippen molar-refractivity contribution in [3.05, 3.63) is 29.3 Å². The Balaban J connectivity index is 1.87. The smallest absolute Gasteiger partial charge is 0.171 e. The molecule has 4 heteroatoms. The van der Waals surface area contributed by atoms with E-state index in [0.29, 0.717) is 26.4 Å². The van der Waals surface area contributed by atoms with E-state index in [2.05, 4.69) is 0 Å². The summed E-state index contributed by atoms with van der Waals surface area (Å²) in [5.41, 5.74) is 2.20. The summed E-state index contributed by atoms with van der Waals surface area (Å²) in [6.45, 7) is 2.34. The van der Waals surface area contributed by atoms with Crippen LogP contribution in [-0.2, 0) is 27.6 Å². The molecule has 0 unspecified atom stereocenters. The highest BCUT2D eigenvalue weighted by molar-refractivity contribution is 5.37. The quantitative estimate of drug-likeness (QED) is 0.547. The molecule has 0 saturated heterocycles. The Bertz CT molecular complexity index is 324. The highest BCUT2D eigenvalue weighted by Gasteiger charge is 2.13. The third-order valence-corrected chi connectivity index (χ3v) is 2.19. The van der Waals surface area contributed by atoms with Crippen molar-refractivity contribution in [1.29, 1.82) is 0 Å². The first-order chi connectivity index (χ1) is 7.40. The molecular formula is C11H14O4. The lowest BCUT2D eigenvalue weighted by Crippen LogP contribution is -2.01. The number of rotatable bonds is 5. The first-order valence-electron chi connectivity index (χ1n) is 4.88. The Hall–Kier alpha value is -1.10. The standard InChI is InChI=1S/C11H14O4/c1-12-4-5-13-7-9-2-3-11-10(6-9)8-14-15-11/h2-3,6H,4-5,7-8H2,1H3. The number of fused-ring (bicyclic) bond motifs is 1. The molecule has 0 spiro atoms. The van der Waals surface area contributed by atoms with Crippen molar-refractivity contribution in [1.82, 2.24) is 0 Å². The molecule has 1 aliphatic heterocycles. The number of hydrogen-bond donors (Lipinski definition) is 0. The van der Waals surface area contributed by atoms with Crippen molar-refractivity contribution in [2.24, 2.45) is 0 Å². The second-order valence-corrected chi connectivity index (χ2v) is 3.33. The van der Waals surface area contributed by atoms with Gasteiger partial charge in [-0.05, 0) is 17.7 Å². The Labute approximate surface area is 88.6 Å². The van der Waals surface area contributed by atoms with E-state index in [4.69, 9.17) is 19.2 Å². The monoisotopic (exact) mass is 210 g/mol. The van der Waals surface area contributed by atoms with E-state index in [1.165, 1.54) is 0 Å². The Kier molecular flexibility index (Phi) is 3.55. The molecule has 0 N–H and O–H groups in total. The second kappa shape index (κ2) is 5.11. The van der Waals surface area contributed by atoms with Crippen LogP contribution in [0.5, 0.6) is 5.75 Å². The average molecular weight is 210 g/mol. The second-order valence-electron chi connectivity index (χ2n) is 3.33. The fourth-order valence-corrected chi connectivity index (χ4v) is 1.41. The highest BCUT2D eigenvalue weighted by atomic mass is 17.2. The van der Waals surface area contributed by atoms with Crippen molar-refractivity contribution in [2.75, 3.05) is 20.3 Å². The molecule has 0 bridgehead atoms. The molecule has 0 aliphatic carbocycles. The molecule has 4 nitrogen and oxygen atoms in total. The van der Waals surface area contributed by atoms with Gasteiger partial charge in [-0.1, -0.05) is 6.07 Å². The number of methoxy groups -OCH3 is 1. The molecule has 1 aromatic carbocycles. The summed E-state index contributed by atoms with van der Waals surface area (Å²) in [6.07, 6.45) is 0. The first kappa shape index (κ1) is 10.4. The van der Waals surface area contributed by atoms with Gasteiger partial charge in [0.2, 0.25) is 0 Å². The Morgan fingerprint density at radius 1 is 1.33 bits per heavy atom. The predicted octanol–water partition coefficient (Wildman–Crippen LogP) is 1.67. The third-order valence-electron chi connectivity index (χ3n) is 2.19. The molecule has 1 aromatic rings. The van der Waals surface area contributed by atoms with E-state index in [1.54, 1.807) is 7.11 Å². The molecule has 0 aromatic heterocycles. The van der Waals surface area contributed by atoms with Crippen LogP contribution in [0.3, 0.4) is 0 Å². The van der Waals surface area contributed by atoms with Crippen molar-refractivity contribution in [3.63, 3.8) is 0 Å². The van der Waals surface area contributed by atoms with Gasteiger partial charge in [0.15, 0.2) is 5.75 Å². The van der Waals surface area contributed by atoms with E-state index in [0.717, 1.165) is 16.9 Å². The molecule has 1 aliphatic rings. The maximum absolute atomic E-state index is 5.41. The molecule has 15 heavy (non-hydrogen) atoms.